The molecule has 0 radical (unpaired) electrons. The molecule has 0 unspecified atom stereocenters. The van der Waals surface area contributed by atoms with E-state index in [1.54, 1.807) is 0 Å². The van der Waals surface area contributed by atoms with Gasteiger partial charge in [-0.3, -0.25) is 4.79 Å². The molecule has 2 aromatic carbocycles. The van der Waals surface area contributed by atoms with Gasteiger partial charge in [-0.05, 0) is 72.1 Å². The van der Waals surface area contributed by atoms with Crippen LogP contribution in [0.15, 0.2) is 56.8 Å². The lowest BCUT2D eigenvalue weighted by Crippen LogP contribution is -2.40. The van der Waals surface area contributed by atoms with E-state index in [1.165, 1.54) is 27.8 Å². The summed E-state index contributed by atoms with van der Waals surface area (Å²) in [5, 5.41) is 0. The molecule has 0 N–H and O–H groups in total. The lowest BCUT2D eigenvalue weighted by atomic mass is 9.98. The second-order valence-electron chi connectivity index (χ2n) is 7.30. The molecule has 1 aliphatic heterocycles. The molecule has 31 heavy (non-hydrogen) atoms. The van der Waals surface area contributed by atoms with Crippen LogP contribution < -0.4 is 4.80 Å². The van der Waals surface area contributed by atoms with E-state index in [4.69, 9.17) is 0 Å². The van der Waals surface area contributed by atoms with Crippen molar-refractivity contribution in [2.24, 2.45) is 10.9 Å². The van der Waals surface area contributed by atoms with Gasteiger partial charge in [-0.25, -0.2) is 12.8 Å². The lowest BCUT2D eigenvalue weighted by Gasteiger charge is -2.29. The number of para-hydroxylation sites is 1. The van der Waals surface area contributed by atoms with Gasteiger partial charge in [0.05, 0.1) is 15.1 Å². The molecule has 1 aliphatic rings. The molecular formula is C21H21BrFN3O3S2. The highest BCUT2D eigenvalue weighted by molar-refractivity contribution is 9.10. The van der Waals surface area contributed by atoms with Crippen LogP contribution in [0.5, 0.6) is 0 Å². The van der Waals surface area contributed by atoms with Crippen molar-refractivity contribution < 1.29 is 17.6 Å². The molecule has 0 bridgehead atoms. The molecule has 4 rings (SSSR count). The summed E-state index contributed by atoms with van der Waals surface area (Å²) in [6.45, 7) is 3.16. The number of rotatable bonds is 4. The number of nitrogens with zero attached hydrogens (tertiary/aromatic N) is 3. The number of amides is 1. The van der Waals surface area contributed by atoms with Crippen molar-refractivity contribution in [3.05, 3.63) is 57.6 Å². The second-order valence-corrected chi connectivity index (χ2v) is 11.1. The second kappa shape index (κ2) is 8.93. The van der Waals surface area contributed by atoms with Crippen molar-refractivity contribution in [1.82, 2.24) is 8.87 Å². The molecule has 6 nitrogen and oxygen atoms in total. The fraction of sp³-hybridized carbons (Fsp3) is 0.333. The zero-order valence-corrected chi connectivity index (χ0v) is 20.0. The molecule has 0 spiro atoms. The third kappa shape index (κ3) is 4.39. The van der Waals surface area contributed by atoms with Gasteiger partial charge >= 0.3 is 0 Å². The van der Waals surface area contributed by atoms with Crippen molar-refractivity contribution in [3.8, 4) is 0 Å². The summed E-state index contributed by atoms with van der Waals surface area (Å²) in [5.74, 6) is -1.02. The minimum absolute atomic E-state index is 0.0585. The van der Waals surface area contributed by atoms with Crippen molar-refractivity contribution in [2.45, 2.75) is 31.2 Å². The van der Waals surface area contributed by atoms with Gasteiger partial charge in [0.15, 0.2) is 4.80 Å². The highest BCUT2D eigenvalue weighted by Gasteiger charge is 2.32. The Hall–Kier alpha value is -1.88. The molecule has 3 aromatic rings. The zero-order chi connectivity index (χ0) is 22.2. The Balaban J connectivity index is 1.52. The molecule has 164 valence electrons. The fourth-order valence-electron chi connectivity index (χ4n) is 3.75. The van der Waals surface area contributed by atoms with Crippen LogP contribution in [0.25, 0.3) is 10.2 Å². The minimum atomic E-state index is -3.70. The van der Waals surface area contributed by atoms with E-state index in [0.717, 1.165) is 26.8 Å². The van der Waals surface area contributed by atoms with Crippen LogP contribution >= 0.6 is 27.3 Å². The number of carbonyl (C=O) groups excluding carboxylic acids is 1. The van der Waals surface area contributed by atoms with Gasteiger partial charge in [-0.1, -0.05) is 17.4 Å². The molecular weight excluding hydrogens is 505 g/mol. The number of halogens is 2. The molecule has 0 atom stereocenters. The SMILES string of the molecule is CCn1c(=NC(=O)C2CCN(S(=O)(=O)c3ccc(F)cc3)CC2)sc2cccc(Br)c21. The minimum Gasteiger partial charge on any atom is -0.316 e. The number of sulfonamides is 1. The highest BCUT2D eigenvalue weighted by atomic mass is 79.9. The van der Waals surface area contributed by atoms with E-state index in [-0.39, 0.29) is 29.8 Å². The number of benzene rings is 2. The maximum atomic E-state index is 13.1. The largest absolute Gasteiger partial charge is 0.316 e. The summed E-state index contributed by atoms with van der Waals surface area (Å²) in [6, 6.07) is 10.7. The van der Waals surface area contributed by atoms with Crippen LogP contribution in [-0.2, 0) is 21.4 Å². The number of piperidine rings is 1. The molecule has 0 saturated carbocycles. The van der Waals surface area contributed by atoms with Crippen LogP contribution in [0, 0.1) is 11.7 Å². The highest BCUT2D eigenvalue weighted by Crippen LogP contribution is 2.27. The molecule has 1 aromatic heterocycles. The van der Waals surface area contributed by atoms with Crippen LogP contribution in [0.4, 0.5) is 4.39 Å². The lowest BCUT2D eigenvalue weighted by molar-refractivity contribution is -0.122. The first-order valence-corrected chi connectivity index (χ1v) is 13.0. The van der Waals surface area contributed by atoms with E-state index in [9.17, 15) is 17.6 Å². The summed E-state index contributed by atoms with van der Waals surface area (Å²) in [7, 11) is -3.70. The number of aryl methyl sites for hydroxylation is 1. The molecule has 1 amide bonds. The third-order valence-corrected chi connectivity index (χ3v) is 9.02. The number of carbonyl (C=O) groups is 1. The van der Waals surface area contributed by atoms with Gasteiger partial charge < -0.3 is 4.57 Å². The van der Waals surface area contributed by atoms with Crippen LogP contribution in [-0.4, -0.2) is 36.3 Å². The Kier molecular flexibility index (Phi) is 6.43. The summed E-state index contributed by atoms with van der Waals surface area (Å²) in [5.41, 5.74) is 1.02. The van der Waals surface area contributed by atoms with Crippen molar-refractivity contribution in [3.63, 3.8) is 0 Å². The van der Waals surface area contributed by atoms with Gasteiger partial charge in [-0.2, -0.15) is 9.30 Å². The summed E-state index contributed by atoms with van der Waals surface area (Å²) in [4.78, 5) is 18.0. The Morgan fingerprint density at radius 2 is 1.87 bits per heavy atom. The van der Waals surface area contributed by atoms with Crippen LogP contribution in [0.2, 0.25) is 0 Å². The molecule has 1 saturated heterocycles. The summed E-state index contributed by atoms with van der Waals surface area (Å²) < 4.78 is 44.0. The first kappa shape index (κ1) is 22.3. The van der Waals surface area contributed by atoms with Crippen LogP contribution in [0.3, 0.4) is 0 Å². The predicted molar refractivity (Wildman–Crippen MR) is 122 cm³/mol. The number of fused-ring (bicyclic) bond motifs is 1. The Bertz CT molecular complexity index is 1290. The molecule has 0 aliphatic carbocycles. The molecule has 1 fully saturated rings. The predicted octanol–water partition coefficient (Wildman–Crippen LogP) is 4.15. The van der Waals surface area contributed by atoms with Crippen molar-refractivity contribution in [2.75, 3.05) is 13.1 Å². The Morgan fingerprint density at radius 3 is 2.52 bits per heavy atom. The number of hydrogen-bond donors (Lipinski definition) is 0. The fourth-order valence-corrected chi connectivity index (χ4v) is 7.06. The molecule has 10 heteroatoms. The normalized spacial score (nSPS) is 16.8. The van der Waals surface area contributed by atoms with Gasteiger partial charge in [0.2, 0.25) is 10.0 Å². The van der Waals surface area contributed by atoms with Gasteiger partial charge in [0, 0.05) is 30.0 Å². The average Bonchev–Trinajstić information content (AvgIpc) is 3.12. The quantitative estimate of drug-likeness (QED) is 0.513. The maximum absolute atomic E-state index is 13.1. The Labute approximate surface area is 192 Å². The van der Waals surface area contributed by atoms with Gasteiger partial charge in [0.25, 0.3) is 5.91 Å². The van der Waals surface area contributed by atoms with E-state index in [2.05, 4.69) is 20.9 Å². The number of thiazole rings is 1. The van der Waals surface area contributed by atoms with E-state index in [1.807, 2.05) is 29.7 Å². The summed E-state index contributed by atoms with van der Waals surface area (Å²) >= 11 is 5.04. The van der Waals surface area contributed by atoms with Gasteiger partial charge in [-0.15, -0.1) is 0 Å². The number of aromatic nitrogens is 1. The molecule has 2 heterocycles. The zero-order valence-electron chi connectivity index (χ0n) is 16.8. The monoisotopic (exact) mass is 525 g/mol. The number of hydrogen-bond acceptors (Lipinski definition) is 4. The van der Waals surface area contributed by atoms with E-state index >= 15 is 0 Å². The van der Waals surface area contributed by atoms with Crippen LogP contribution in [0.1, 0.15) is 19.8 Å². The Morgan fingerprint density at radius 1 is 1.19 bits per heavy atom. The summed E-state index contributed by atoms with van der Waals surface area (Å²) in [6.07, 6.45) is 0.812. The topological polar surface area (TPSA) is 71.7 Å². The first-order chi connectivity index (χ1) is 14.8. The average molecular weight is 526 g/mol. The standard InChI is InChI=1S/C21H21BrFN3O3S2/c1-2-26-19-17(22)4-3-5-18(19)30-21(26)24-20(27)14-10-12-25(13-11-14)31(28,29)16-8-6-15(23)7-9-16/h3-9,14H,2,10-13H2,1H3. The van der Waals surface area contributed by atoms with Crippen molar-refractivity contribution >= 4 is 53.4 Å². The third-order valence-electron chi connectivity index (χ3n) is 5.43. The van der Waals surface area contributed by atoms with E-state index < -0.39 is 15.8 Å². The first-order valence-electron chi connectivity index (χ1n) is 9.93. The van der Waals surface area contributed by atoms with E-state index in [0.29, 0.717) is 24.2 Å². The maximum Gasteiger partial charge on any atom is 0.251 e. The smallest absolute Gasteiger partial charge is 0.251 e. The van der Waals surface area contributed by atoms with Gasteiger partial charge in [0.1, 0.15) is 5.82 Å². The van der Waals surface area contributed by atoms with Crippen molar-refractivity contribution in [1.29, 1.82) is 0 Å².